The normalized spacial score (nSPS) is 13.5. The smallest absolute Gasteiger partial charge is 0.140 e. The molecular formula is C18H20NOP. The average Bonchev–Trinajstić information content (AvgIpc) is 2.85. The lowest BCUT2D eigenvalue weighted by molar-refractivity contribution is 0.567. The van der Waals surface area contributed by atoms with Crippen molar-refractivity contribution in [1.29, 1.82) is 0 Å². The van der Waals surface area contributed by atoms with E-state index in [0.717, 1.165) is 16.8 Å². The van der Waals surface area contributed by atoms with Crippen molar-refractivity contribution in [3.05, 3.63) is 60.7 Å². The van der Waals surface area contributed by atoms with Gasteiger partial charge < -0.3 is 4.89 Å². The van der Waals surface area contributed by atoms with E-state index in [4.69, 9.17) is 0 Å². The Morgan fingerprint density at radius 3 is 2.19 bits per heavy atom. The van der Waals surface area contributed by atoms with Gasteiger partial charge in [0.05, 0.1) is 11.2 Å². The van der Waals surface area contributed by atoms with Gasteiger partial charge in [0.1, 0.15) is 8.30 Å². The third kappa shape index (κ3) is 2.62. The van der Waals surface area contributed by atoms with Crippen LogP contribution < -0.4 is 0 Å². The van der Waals surface area contributed by atoms with Crippen LogP contribution in [-0.2, 0) is 0 Å². The Bertz CT molecular complexity index is 756. The Labute approximate surface area is 126 Å². The Morgan fingerprint density at radius 2 is 1.52 bits per heavy atom. The summed E-state index contributed by atoms with van der Waals surface area (Å²) in [6.07, 6.45) is 0. The predicted octanol–water partition coefficient (Wildman–Crippen LogP) is 5.26. The molecule has 1 N–H and O–H groups in total. The highest BCUT2D eigenvalue weighted by atomic mass is 31.2. The highest BCUT2D eigenvalue weighted by Gasteiger charge is 2.28. The first kappa shape index (κ1) is 14.3. The van der Waals surface area contributed by atoms with E-state index in [9.17, 15) is 4.89 Å². The van der Waals surface area contributed by atoms with Crippen molar-refractivity contribution in [2.45, 2.75) is 25.9 Å². The number of aromatic nitrogens is 1. The molecule has 21 heavy (non-hydrogen) atoms. The lowest BCUT2D eigenvalue weighted by Crippen LogP contribution is -2.15. The molecule has 2 aromatic carbocycles. The van der Waals surface area contributed by atoms with Crippen molar-refractivity contribution in [1.82, 2.24) is 4.34 Å². The predicted molar refractivity (Wildman–Crippen MR) is 91.7 cm³/mol. The highest BCUT2D eigenvalue weighted by Crippen LogP contribution is 2.51. The molecule has 0 spiro atoms. The Hall–Kier alpha value is -1.63. The van der Waals surface area contributed by atoms with Crippen LogP contribution in [0.15, 0.2) is 60.7 Å². The van der Waals surface area contributed by atoms with E-state index in [2.05, 4.69) is 55.4 Å². The van der Waals surface area contributed by atoms with Crippen LogP contribution in [0.4, 0.5) is 0 Å². The summed E-state index contributed by atoms with van der Waals surface area (Å²) in [4.78, 5) is 10.9. The number of para-hydroxylation sites is 1. The molecular weight excluding hydrogens is 277 g/mol. The second-order valence-electron chi connectivity index (χ2n) is 6.23. The van der Waals surface area contributed by atoms with Crippen LogP contribution in [0.3, 0.4) is 0 Å². The van der Waals surface area contributed by atoms with Crippen molar-refractivity contribution in [3.8, 4) is 11.3 Å². The summed E-state index contributed by atoms with van der Waals surface area (Å²) in [7, 11) is -1.31. The van der Waals surface area contributed by atoms with Gasteiger partial charge in [-0.2, -0.15) is 0 Å². The lowest BCUT2D eigenvalue weighted by Gasteiger charge is -2.28. The van der Waals surface area contributed by atoms with Gasteiger partial charge in [-0.05, 0) is 17.7 Å². The van der Waals surface area contributed by atoms with E-state index in [1.807, 2.05) is 30.3 Å². The average molecular weight is 297 g/mol. The molecule has 0 fully saturated rings. The molecule has 1 atom stereocenters. The molecule has 3 rings (SSSR count). The molecule has 108 valence electrons. The van der Waals surface area contributed by atoms with E-state index in [0.29, 0.717) is 0 Å². The van der Waals surface area contributed by atoms with Crippen LogP contribution in [0, 0.1) is 0 Å². The van der Waals surface area contributed by atoms with Gasteiger partial charge in [-0.25, -0.2) is 0 Å². The largest absolute Gasteiger partial charge is 0.354 e. The van der Waals surface area contributed by atoms with Crippen molar-refractivity contribution in [2.75, 3.05) is 0 Å². The quantitative estimate of drug-likeness (QED) is 0.641. The second-order valence-corrected chi connectivity index (χ2v) is 8.55. The number of hydrogen-bond donors (Lipinski definition) is 1. The zero-order chi connectivity index (χ0) is 15.0. The first-order valence-electron chi connectivity index (χ1n) is 7.14. The Morgan fingerprint density at radius 1 is 0.905 bits per heavy atom. The zero-order valence-electron chi connectivity index (χ0n) is 12.6. The molecule has 1 unspecified atom stereocenters. The number of nitrogens with zero attached hydrogens (tertiary/aromatic N) is 1. The first-order chi connectivity index (χ1) is 9.98. The van der Waals surface area contributed by atoms with Crippen LogP contribution in [0.2, 0.25) is 0 Å². The van der Waals surface area contributed by atoms with E-state index in [-0.39, 0.29) is 5.16 Å². The number of rotatable bonds is 2. The maximum absolute atomic E-state index is 10.9. The molecule has 0 radical (unpaired) electrons. The molecule has 1 aromatic heterocycles. The summed E-state index contributed by atoms with van der Waals surface area (Å²) >= 11 is 0. The van der Waals surface area contributed by atoms with Gasteiger partial charge in [-0.1, -0.05) is 69.3 Å². The van der Waals surface area contributed by atoms with E-state index < -0.39 is 8.30 Å². The maximum atomic E-state index is 10.9. The van der Waals surface area contributed by atoms with Crippen LogP contribution in [0.1, 0.15) is 20.8 Å². The summed E-state index contributed by atoms with van der Waals surface area (Å²) in [5.74, 6) is 0. The Balaban J connectivity index is 2.29. The summed E-state index contributed by atoms with van der Waals surface area (Å²) < 4.78 is 2.11. The molecule has 3 aromatic rings. The topological polar surface area (TPSA) is 25.2 Å². The summed E-state index contributed by atoms with van der Waals surface area (Å²) in [6.45, 7) is 6.26. The van der Waals surface area contributed by atoms with Crippen molar-refractivity contribution >= 4 is 19.2 Å². The molecule has 0 saturated carbocycles. The van der Waals surface area contributed by atoms with Gasteiger partial charge in [0.15, 0.2) is 0 Å². The standard InChI is InChI=1S/C18H20NOP/c1-18(2,3)21(20)19-16-12-8-7-11-15(16)13-17(19)14-9-5-4-6-10-14/h4-13,20H,1-3H3. The van der Waals surface area contributed by atoms with Gasteiger partial charge in [0.25, 0.3) is 0 Å². The summed E-state index contributed by atoms with van der Waals surface area (Å²) in [5, 5.41) is 1.00. The van der Waals surface area contributed by atoms with E-state index in [1.165, 1.54) is 5.39 Å². The molecule has 0 aliphatic heterocycles. The fraction of sp³-hybridized carbons (Fsp3) is 0.222. The van der Waals surface area contributed by atoms with Crippen molar-refractivity contribution in [2.24, 2.45) is 0 Å². The number of fused-ring (bicyclic) bond motifs is 1. The first-order valence-corrected chi connectivity index (χ1v) is 8.38. The maximum Gasteiger partial charge on any atom is 0.140 e. The molecule has 3 heteroatoms. The second kappa shape index (κ2) is 5.29. The molecule has 0 aliphatic rings. The monoisotopic (exact) mass is 297 g/mol. The Kier molecular flexibility index (Phi) is 3.61. The van der Waals surface area contributed by atoms with Gasteiger partial charge >= 0.3 is 0 Å². The minimum atomic E-state index is -1.31. The van der Waals surface area contributed by atoms with Gasteiger partial charge in [-0.3, -0.25) is 4.34 Å². The molecule has 0 aliphatic carbocycles. The molecule has 0 saturated heterocycles. The van der Waals surface area contributed by atoms with Crippen LogP contribution in [0.25, 0.3) is 22.2 Å². The summed E-state index contributed by atoms with van der Waals surface area (Å²) in [6, 6.07) is 20.7. The van der Waals surface area contributed by atoms with Crippen LogP contribution in [-0.4, -0.2) is 14.4 Å². The third-order valence-corrected chi connectivity index (χ3v) is 5.55. The molecule has 0 amide bonds. The van der Waals surface area contributed by atoms with Crippen LogP contribution >= 0.6 is 8.30 Å². The molecule has 0 bridgehead atoms. The lowest BCUT2D eigenvalue weighted by atomic mass is 10.1. The number of hydrogen-bond acceptors (Lipinski definition) is 1. The number of benzene rings is 2. The fourth-order valence-corrected chi connectivity index (χ4v) is 3.82. The van der Waals surface area contributed by atoms with Crippen molar-refractivity contribution < 1.29 is 4.89 Å². The molecule has 1 heterocycles. The third-order valence-electron chi connectivity index (χ3n) is 3.54. The summed E-state index contributed by atoms with van der Waals surface area (Å²) in [5.41, 5.74) is 3.32. The molecule has 2 nitrogen and oxygen atoms in total. The zero-order valence-corrected chi connectivity index (χ0v) is 13.5. The van der Waals surface area contributed by atoms with Gasteiger partial charge in [0.2, 0.25) is 0 Å². The highest BCUT2D eigenvalue weighted by molar-refractivity contribution is 7.52. The van der Waals surface area contributed by atoms with E-state index >= 15 is 0 Å². The fourth-order valence-electron chi connectivity index (χ4n) is 2.46. The van der Waals surface area contributed by atoms with Gasteiger partial charge in [-0.15, -0.1) is 0 Å². The van der Waals surface area contributed by atoms with Crippen molar-refractivity contribution in [3.63, 3.8) is 0 Å². The van der Waals surface area contributed by atoms with Gasteiger partial charge in [0, 0.05) is 10.5 Å². The SMILES string of the molecule is CC(C)(C)P(O)n1c(-c2ccccc2)cc2ccccc21. The van der Waals surface area contributed by atoms with E-state index in [1.54, 1.807) is 0 Å². The minimum Gasteiger partial charge on any atom is -0.354 e. The minimum absolute atomic E-state index is 0.166. The van der Waals surface area contributed by atoms with Crippen LogP contribution in [0.5, 0.6) is 0 Å².